The SMILES string of the molecule is CC(N)c1ccc(OCc2cn3ccccc3n2)c(F)c1. The lowest BCUT2D eigenvalue weighted by Gasteiger charge is -2.09. The highest BCUT2D eigenvalue weighted by atomic mass is 19.1. The summed E-state index contributed by atoms with van der Waals surface area (Å²) in [6, 6.07) is 10.3. The van der Waals surface area contributed by atoms with Gasteiger partial charge in [-0.1, -0.05) is 12.1 Å². The van der Waals surface area contributed by atoms with E-state index in [1.807, 2.05) is 41.9 Å². The van der Waals surface area contributed by atoms with Crippen molar-refractivity contribution < 1.29 is 9.13 Å². The van der Waals surface area contributed by atoms with Crippen LogP contribution in [0.2, 0.25) is 0 Å². The van der Waals surface area contributed by atoms with Gasteiger partial charge in [0.1, 0.15) is 12.3 Å². The summed E-state index contributed by atoms with van der Waals surface area (Å²) < 4.78 is 21.3. The van der Waals surface area contributed by atoms with Crippen molar-refractivity contribution in [2.75, 3.05) is 0 Å². The molecule has 0 aliphatic heterocycles. The second kappa shape index (κ2) is 5.54. The number of rotatable bonds is 4. The highest BCUT2D eigenvalue weighted by molar-refractivity contribution is 5.39. The highest BCUT2D eigenvalue weighted by Gasteiger charge is 2.08. The third-order valence-electron chi connectivity index (χ3n) is 3.27. The van der Waals surface area contributed by atoms with Gasteiger partial charge in [0.15, 0.2) is 11.6 Å². The van der Waals surface area contributed by atoms with E-state index < -0.39 is 5.82 Å². The fraction of sp³-hybridized carbons (Fsp3) is 0.188. The van der Waals surface area contributed by atoms with Crippen LogP contribution in [0.25, 0.3) is 5.65 Å². The van der Waals surface area contributed by atoms with Crippen LogP contribution in [0.1, 0.15) is 24.2 Å². The molecule has 3 aromatic rings. The van der Waals surface area contributed by atoms with Crippen molar-refractivity contribution in [3.8, 4) is 5.75 Å². The molecular formula is C16H16FN3O. The summed E-state index contributed by atoms with van der Waals surface area (Å²) in [6.07, 6.45) is 3.77. The number of ether oxygens (including phenoxy) is 1. The Kier molecular flexibility index (Phi) is 3.58. The average Bonchev–Trinajstić information content (AvgIpc) is 2.88. The number of hydrogen-bond acceptors (Lipinski definition) is 3. The predicted octanol–water partition coefficient (Wildman–Crippen LogP) is 3.07. The maximum atomic E-state index is 13.9. The number of benzene rings is 1. The van der Waals surface area contributed by atoms with Crippen LogP contribution >= 0.6 is 0 Å². The van der Waals surface area contributed by atoms with Gasteiger partial charge in [0.25, 0.3) is 0 Å². The van der Waals surface area contributed by atoms with Gasteiger partial charge in [-0.25, -0.2) is 9.37 Å². The quantitative estimate of drug-likeness (QED) is 0.801. The Labute approximate surface area is 122 Å². The lowest BCUT2D eigenvalue weighted by molar-refractivity contribution is 0.286. The van der Waals surface area contributed by atoms with Gasteiger partial charge in [-0.2, -0.15) is 0 Å². The van der Waals surface area contributed by atoms with Crippen LogP contribution < -0.4 is 10.5 Å². The van der Waals surface area contributed by atoms with Gasteiger partial charge in [0.2, 0.25) is 0 Å². The zero-order valence-electron chi connectivity index (χ0n) is 11.7. The summed E-state index contributed by atoms with van der Waals surface area (Å²) in [4.78, 5) is 4.40. The molecule has 2 heterocycles. The summed E-state index contributed by atoms with van der Waals surface area (Å²) >= 11 is 0. The topological polar surface area (TPSA) is 52.5 Å². The largest absolute Gasteiger partial charge is 0.484 e. The number of aromatic nitrogens is 2. The number of hydrogen-bond donors (Lipinski definition) is 1. The maximum absolute atomic E-state index is 13.9. The molecule has 5 heteroatoms. The van der Waals surface area contributed by atoms with Crippen molar-refractivity contribution >= 4 is 5.65 Å². The Hall–Kier alpha value is -2.40. The molecule has 3 rings (SSSR count). The Morgan fingerprint density at radius 2 is 2.19 bits per heavy atom. The molecule has 1 unspecified atom stereocenters. The summed E-state index contributed by atoms with van der Waals surface area (Å²) in [6.45, 7) is 2.03. The van der Waals surface area contributed by atoms with Crippen molar-refractivity contribution in [1.29, 1.82) is 0 Å². The fourth-order valence-electron chi connectivity index (χ4n) is 2.13. The minimum absolute atomic E-state index is 0.202. The Bertz CT molecular complexity index is 734. The zero-order valence-corrected chi connectivity index (χ0v) is 11.7. The lowest BCUT2D eigenvalue weighted by atomic mass is 10.1. The molecule has 108 valence electrons. The van der Waals surface area contributed by atoms with E-state index in [0.717, 1.165) is 16.9 Å². The smallest absolute Gasteiger partial charge is 0.165 e. The molecule has 0 radical (unpaired) electrons. The van der Waals surface area contributed by atoms with Gasteiger partial charge in [-0.3, -0.25) is 0 Å². The van der Waals surface area contributed by atoms with Crippen LogP contribution in [0.3, 0.4) is 0 Å². The third kappa shape index (κ3) is 2.87. The first kappa shape index (κ1) is 13.6. The van der Waals surface area contributed by atoms with Crippen LogP contribution in [0, 0.1) is 5.82 Å². The van der Waals surface area contributed by atoms with E-state index in [9.17, 15) is 4.39 Å². The van der Waals surface area contributed by atoms with Crippen molar-refractivity contribution in [3.63, 3.8) is 0 Å². The van der Waals surface area contributed by atoms with Crippen LogP contribution in [0.15, 0.2) is 48.8 Å². The molecule has 0 amide bonds. The molecule has 0 saturated heterocycles. The lowest BCUT2D eigenvalue weighted by Crippen LogP contribution is -2.06. The highest BCUT2D eigenvalue weighted by Crippen LogP contribution is 2.22. The van der Waals surface area contributed by atoms with Gasteiger partial charge < -0.3 is 14.9 Å². The summed E-state index contributed by atoms with van der Waals surface area (Å²) in [5, 5.41) is 0. The third-order valence-corrected chi connectivity index (χ3v) is 3.27. The zero-order chi connectivity index (χ0) is 14.8. The molecular weight excluding hydrogens is 269 g/mol. The van der Waals surface area contributed by atoms with Crippen LogP contribution in [0.5, 0.6) is 5.75 Å². The first-order valence-corrected chi connectivity index (χ1v) is 6.74. The van der Waals surface area contributed by atoms with E-state index in [1.54, 1.807) is 12.1 Å². The molecule has 1 atom stereocenters. The molecule has 0 fully saturated rings. The minimum atomic E-state index is -0.409. The molecule has 0 aliphatic rings. The van der Waals surface area contributed by atoms with E-state index in [1.165, 1.54) is 6.07 Å². The minimum Gasteiger partial charge on any atom is -0.484 e. The number of imidazole rings is 1. The van der Waals surface area contributed by atoms with Crippen LogP contribution in [-0.2, 0) is 6.61 Å². The van der Waals surface area contributed by atoms with Crippen molar-refractivity contribution in [2.45, 2.75) is 19.6 Å². The number of pyridine rings is 1. The maximum Gasteiger partial charge on any atom is 0.165 e. The van der Waals surface area contributed by atoms with Gasteiger partial charge in [0.05, 0.1) is 5.69 Å². The van der Waals surface area contributed by atoms with E-state index in [4.69, 9.17) is 10.5 Å². The summed E-state index contributed by atoms with van der Waals surface area (Å²) in [7, 11) is 0. The number of nitrogens with two attached hydrogens (primary N) is 1. The molecule has 0 spiro atoms. The molecule has 0 bridgehead atoms. The first-order chi connectivity index (χ1) is 10.1. The molecule has 2 N–H and O–H groups in total. The fourth-order valence-corrected chi connectivity index (χ4v) is 2.13. The standard InChI is InChI=1S/C16H16FN3O/c1-11(18)12-5-6-15(14(17)8-12)21-10-13-9-20-7-3-2-4-16(20)19-13/h2-9,11H,10,18H2,1H3. The first-order valence-electron chi connectivity index (χ1n) is 6.74. The van der Waals surface area contributed by atoms with Gasteiger partial charge in [-0.05, 0) is 36.8 Å². The molecule has 2 aromatic heterocycles. The normalized spacial score (nSPS) is 12.5. The van der Waals surface area contributed by atoms with Crippen molar-refractivity contribution in [1.82, 2.24) is 9.38 Å². The molecule has 0 saturated carbocycles. The van der Waals surface area contributed by atoms with E-state index >= 15 is 0 Å². The Morgan fingerprint density at radius 1 is 1.33 bits per heavy atom. The molecule has 21 heavy (non-hydrogen) atoms. The average molecular weight is 285 g/mol. The number of nitrogens with zero attached hydrogens (tertiary/aromatic N) is 2. The second-order valence-corrected chi connectivity index (χ2v) is 4.97. The Balaban J connectivity index is 1.75. The molecule has 0 aliphatic carbocycles. The number of fused-ring (bicyclic) bond motifs is 1. The van der Waals surface area contributed by atoms with Crippen LogP contribution in [-0.4, -0.2) is 9.38 Å². The van der Waals surface area contributed by atoms with Crippen molar-refractivity contribution in [2.24, 2.45) is 5.73 Å². The predicted molar refractivity (Wildman–Crippen MR) is 78.5 cm³/mol. The second-order valence-electron chi connectivity index (χ2n) is 4.97. The number of halogens is 1. The molecule has 1 aromatic carbocycles. The van der Waals surface area contributed by atoms with E-state index in [-0.39, 0.29) is 18.4 Å². The monoisotopic (exact) mass is 285 g/mol. The molecule has 4 nitrogen and oxygen atoms in total. The van der Waals surface area contributed by atoms with E-state index in [0.29, 0.717) is 0 Å². The van der Waals surface area contributed by atoms with Gasteiger partial charge >= 0.3 is 0 Å². The summed E-state index contributed by atoms with van der Waals surface area (Å²) in [5.74, 6) is -0.204. The van der Waals surface area contributed by atoms with Gasteiger partial charge in [0, 0.05) is 18.4 Å². The van der Waals surface area contributed by atoms with E-state index in [2.05, 4.69) is 4.98 Å². The Morgan fingerprint density at radius 3 is 2.90 bits per heavy atom. The summed E-state index contributed by atoms with van der Waals surface area (Å²) in [5.41, 5.74) is 8.05. The van der Waals surface area contributed by atoms with Crippen LogP contribution in [0.4, 0.5) is 4.39 Å². The van der Waals surface area contributed by atoms with Gasteiger partial charge in [-0.15, -0.1) is 0 Å². The van der Waals surface area contributed by atoms with Crippen molar-refractivity contribution in [3.05, 3.63) is 65.9 Å².